The molecule has 1 unspecified atom stereocenters. The number of aromatic nitrogens is 3. The van der Waals surface area contributed by atoms with Crippen LogP contribution in [-0.4, -0.2) is 93.5 Å². The van der Waals surface area contributed by atoms with E-state index in [2.05, 4.69) is 45.0 Å². The number of aryl methyl sites for hydroxylation is 1. The van der Waals surface area contributed by atoms with Gasteiger partial charge in [0, 0.05) is 88.3 Å². The second-order valence-corrected chi connectivity index (χ2v) is 17.0. The summed E-state index contributed by atoms with van der Waals surface area (Å²) in [7, 11) is 3.76. The number of phenolic OH excluding ortho intramolecular Hbond substituents is 1. The van der Waals surface area contributed by atoms with Gasteiger partial charge < -0.3 is 29.4 Å². The Hall–Kier alpha value is -6.77. The molecular formula is C51H56FN7O6. The van der Waals surface area contributed by atoms with Crippen LogP contribution in [0.4, 0.5) is 15.8 Å². The molecule has 2 aromatic heterocycles. The highest BCUT2D eigenvalue weighted by Gasteiger charge is 2.29. The Bertz CT molecular complexity index is 2670. The average molecular weight is 882 g/mol. The van der Waals surface area contributed by atoms with E-state index in [1.165, 1.54) is 6.07 Å². The third-order valence-corrected chi connectivity index (χ3v) is 12.7. The fourth-order valence-electron chi connectivity index (χ4n) is 8.95. The summed E-state index contributed by atoms with van der Waals surface area (Å²) in [6, 6.07) is 25.7. The van der Waals surface area contributed by atoms with Gasteiger partial charge in [-0.25, -0.2) is 4.39 Å². The van der Waals surface area contributed by atoms with Gasteiger partial charge in [-0.3, -0.25) is 28.9 Å². The molecule has 65 heavy (non-hydrogen) atoms. The van der Waals surface area contributed by atoms with Gasteiger partial charge in [0.15, 0.2) is 0 Å². The lowest BCUT2D eigenvalue weighted by Gasteiger charge is -2.31. The maximum absolute atomic E-state index is 15.4. The van der Waals surface area contributed by atoms with Crippen LogP contribution in [0.2, 0.25) is 0 Å². The fourth-order valence-corrected chi connectivity index (χ4v) is 8.95. The molecule has 0 bridgehead atoms. The van der Waals surface area contributed by atoms with E-state index in [1.54, 1.807) is 65.4 Å². The molecule has 4 aromatic carbocycles. The number of amides is 3. The van der Waals surface area contributed by atoms with Gasteiger partial charge in [0.05, 0.1) is 37.1 Å². The number of hydrogen-bond donors (Lipinski definition) is 2. The third kappa shape index (κ3) is 10.1. The van der Waals surface area contributed by atoms with E-state index in [9.17, 15) is 19.5 Å². The molecule has 0 radical (unpaired) electrons. The highest BCUT2D eigenvalue weighted by atomic mass is 19.1. The van der Waals surface area contributed by atoms with E-state index in [0.29, 0.717) is 87.0 Å². The zero-order chi connectivity index (χ0) is 45.6. The molecule has 13 nitrogen and oxygen atoms in total. The third-order valence-electron chi connectivity index (χ3n) is 12.7. The molecule has 6 aromatic rings. The van der Waals surface area contributed by atoms with Gasteiger partial charge in [-0.1, -0.05) is 43.3 Å². The van der Waals surface area contributed by atoms with Crippen LogP contribution in [0, 0.1) is 12.7 Å². The Morgan fingerprint density at radius 1 is 0.954 bits per heavy atom. The van der Waals surface area contributed by atoms with Crippen LogP contribution < -0.4 is 15.0 Å². The minimum absolute atomic E-state index is 0.0271. The SMILES string of the molecule is Cc1c(C(=O)N(c2ccc(O)cc2)c2cnn(C)c2)cc(-c2cc3c(cc2C(C)Cc2ccccc2CNC=O)CN(C(=O)Cc2ccc(OCCN4CCOCC4)cc2F)CC3)n1C. The van der Waals surface area contributed by atoms with Crippen molar-refractivity contribution in [2.24, 2.45) is 14.1 Å². The van der Waals surface area contributed by atoms with Crippen molar-refractivity contribution < 1.29 is 33.4 Å². The zero-order valence-electron chi connectivity index (χ0n) is 37.4. The molecule has 3 amide bonds. The molecule has 2 N–H and O–H groups in total. The number of ether oxygens (including phenoxy) is 2. The Labute approximate surface area is 379 Å². The number of carbonyl (C=O) groups is 3. The molecule has 14 heteroatoms. The highest BCUT2D eigenvalue weighted by molar-refractivity contribution is 6.12. The predicted octanol–water partition coefficient (Wildman–Crippen LogP) is 6.99. The number of aromatic hydroxyl groups is 1. The highest BCUT2D eigenvalue weighted by Crippen LogP contribution is 2.39. The van der Waals surface area contributed by atoms with E-state index in [1.807, 2.05) is 43.1 Å². The largest absolute Gasteiger partial charge is 0.508 e. The van der Waals surface area contributed by atoms with Crippen molar-refractivity contribution in [3.05, 3.63) is 148 Å². The fraction of sp³-hybridized carbons (Fsp3) is 0.333. The molecule has 1 fully saturated rings. The van der Waals surface area contributed by atoms with Crippen molar-refractivity contribution in [3.8, 4) is 22.8 Å². The van der Waals surface area contributed by atoms with Crippen LogP contribution in [0.15, 0.2) is 97.3 Å². The Morgan fingerprint density at radius 3 is 2.45 bits per heavy atom. The monoisotopic (exact) mass is 881 g/mol. The van der Waals surface area contributed by atoms with E-state index < -0.39 is 5.82 Å². The smallest absolute Gasteiger partial charge is 0.264 e. The normalized spacial score (nSPS) is 14.4. The van der Waals surface area contributed by atoms with Gasteiger partial charge in [-0.05, 0) is 102 Å². The first-order valence-corrected chi connectivity index (χ1v) is 22.1. The number of nitrogens with zero attached hydrogens (tertiary/aromatic N) is 6. The number of hydrogen-bond acceptors (Lipinski definition) is 8. The molecule has 0 spiro atoms. The Balaban J connectivity index is 1.08. The number of carbonyl (C=O) groups excluding carboxylic acids is 3. The number of halogens is 1. The summed E-state index contributed by atoms with van der Waals surface area (Å²) in [5.41, 5.74) is 9.93. The second-order valence-electron chi connectivity index (χ2n) is 17.0. The van der Waals surface area contributed by atoms with E-state index >= 15 is 4.39 Å². The topological polar surface area (TPSA) is 134 Å². The molecule has 1 atom stereocenters. The minimum Gasteiger partial charge on any atom is -0.508 e. The van der Waals surface area contributed by atoms with Crippen LogP contribution >= 0.6 is 0 Å². The standard InChI is InChI=1S/C51H56FN7O6/c1-34(23-36-7-5-6-8-39(36)29-53-33-60)45-25-40-31-58(50(62)26-38-9-14-44(27-48(38)52)65-22-19-57-17-20-64-21-18-57)16-15-37(40)24-47(45)49-28-46(35(2)56(49)4)51(63)59(42-30-54-55(3)32-42)41-10-12-43(61)13-11-41/h5-14,24-25,27-28,30,32-34,61H,15-23,26,29,31H2,1-4H3,(H,53,60). The summed E-state index contributed by atoms with van der Waals surface area (Å²) < 4.78 is 30.4. The summed E-state index contributed by atoms with van der Waals surface area (Å²) in [6.07, 6.45) is 5.33. The first-order valence-electron chi connectivity index (χ1n) is 22.1. The summed E-state index contributed by atoms with van der Waals surface area (Å²) in [5.74, 6) is -0.364. The van der Waals surface area contributed by atoms with E-state index in [0.717, 1.165) is 64.4 Å². The van der Waals surface area contributed by atoms with Crippen molar-refractivity contribution >= 4 is 29.6 Å². The lowest BCUT2D eigenvalue weighted by Crippen LogP contribution is -2.38. The molecule has 338 valence electrons. The van der Waals surface area contributed by atoms with E-state index in [4.69, 9.17) is 9.47 Å². The van der Waals surface area contributed by atoms with Gasteiger partial charge >= 0.3 is 0 Å². The quantitative estimate of drug-likeness (QED) is 0.0995. The first-order chi connectivity index (χ1) is 31.5. The molecule has 4 heterocycles. The number of anilines is 2. The van der Waals surface area contributed by atoms with Crippen LogP contribution in [-0.2, 0) is 60.8 Å². The molecular weight excluding hydrogens is 826 g/mol. The molecule has 0 aliphatic carbocycles. The van der Waals surface area contributed by atoms with Crippen molar-refractivity contribution in [1.29, 1.82) is 0 Å². The summed E-state index contributed by atoms with van der Waals surface area (Å²) in [5, 5.41) is 17.2. The van der Waals surface area contributed by atoms with Crippen LogP contribution in [0.3, 0.4) is 0 Å². The maximum Gasteiger partial charge on any atom is 0.264 e. The molecule has 2 aliphatic heterocycles. The summed E-state index contributed by atoms with van der Waals surface area (Å²) in [4.78, 5) is 45.6. The number of phenols is 1. The van der Waals surface area contributed by atoms with Crippen LogP contribution in [0.1, 0.15) is 62.3 Å². The second kappa shape index (κ2) is 20.0. The van der Waals surface area contributed by atoms with Crippen LogP contribution in [0.25, 0.3) is 11.3 Å². The average Bonchev–Trinajstić information content (AvgIpc) is 3.87. The number of nitrogens with one attached hydrogen (secondary N) is 1. The van der Waals surface area contributed by atoms with Gasteiger partial charge in [0.2, 0.25) is 12.3 Å². The number of benzene rings is 4. The summed E-state index contributed by atoms with van der Waals surface area (Å²) >= 11 is 0. The Kier molecular flexibility index (Phi) is 13.8. The number of rotatable bonds is 16. The van der Waals surface area contributed by atoms with Crippen molar-refractivity contribution in [2.75, 3.05) is 50.9 Å². The number of fused-ring (bicyclic) bond motifs is 1. The van der Waals surface area contributed by atoms with E-state index in [-0.39, 0.29) is 29.9 Å². The molecule has 1 saturated heterocycles. The van der Waals surface area contributed by atoms with Crippen molar-refractivity contribution in [3.63, 3.8) is 0 Å². The van der Waals surface area contributed by atoms with Crippen LogP contribution in [0.5, 0.6) is 11.5 Å². The molecule has 0 saturated carbocycles. The first kappa shape index (κ1) is 44.8. The van der Waals surface area contributed by atoms with Crippen molar-refractivity contribution in [1.82, 2.24) is 29.5 Å². The van der Waals surface area contributed by atoms with Gasteiger partial charge in [-0.2, -0.15) is 5.10 Å². The minimum atomic E-state index is -0.466. The van der Waals surface area contributed by atoms with Gasteiger partial charge in [0.1, 0.15) is 23.9 Å². The lowest BCUT2D eigenvalue weighted by atomic mass is 9.84. The predicted molar refractivity (Wildman–Crippen MR) is 247 cm³/mol. The number of morpholine rings is 1. The van der Waals surface area contributed by atoms with Gasteiger partial charge in [-0.15, -0.1) is 0 Å². The maximum atomic E-state index is 15.4. The molecule has 2 aliphatic rings. The van der Waals surface area contributed by atoms with Crippen molar-refractivity contribution in [2.45, 2.75) is 52.1 Å². The zero-order valence-corrected chi connectivity index (χ0v) is 37.4. The molecule has 8 rings (SSSR count). The Morgan fingerprint density at radius 2 is 1.72 bits per heavy atom. The summed E-state index contributed by atoms with van der Waals surface area (Å²) in [6.45, 7) is 9.65. The van der Waals surface area contributed by atoms with Gasteiger partial charge in [0.25, 0.3) is 5.91 Å². The lowest BCUT2D eigenvalue weighted by molar-refractivity contribution is -0.131.